The molecule has 2 aromatic carbocycles. The quantitative estimate of drug-likeness (QED) is 0.607. The molecule has 0 N–H and O–H groups in total. The number of methoxy groups -OCH3 is 1. The monoisotopic (exact) mass is 407 g/mol. The fraction of sp³-hybridized carbons (Fsp3) is 0.348. The molecular weight excluding hydrogens is 382 g/mol. The van der Waals surface area contributed by atoms with Gasteiger partial charge in [-0.2, -0.15) is 4.98 Å². The van der Waals surface area contributed by atoms with Crippen molar-refractivity contribution in [1.29, 1.82) is 0 Å². The number of amides is 1. The maximum Gasteiger partial charge on any atom is 0.232 e. The molecule has 7 heteroatoms. The van der Waals surface area contributed by atoms with Crippen molar-refractivity contribution in [3.8, 4) is 22.9 Å². The molecule has 30 heavy (non-hydrogen) atoms. The highest BCUT2D eigenvalue weighted by Crippen LogP contribution is 2.35. The van der Waals surface area contributed by atoms with E-state index in [2.05, 4.69) is 16.2 Å². The summed E-state index contributed by atoms with van der Waals surface area (Å²) >= 11 is 0. The van der Waals surface area contributed by atoms with Crippen LogP contribution in [0.1, 0.15) is 36.3 Å². The van der Waals surface area contributed by atoms with Gasteiger partial charge in [-0.05, 0) is 50.6 Å². The summed E-state index contributed by atoms with van der Waals surface area (Å²) in [6, 6.07) is 11.6. The van der Waals surface area contributed by atoms with Crippen molar-refractivity contribution >= 4 is 11.6 Å². The van der Waals surface area contributed by atoms with E-state index in [4.69, 9.17) is 14.0 Å². The highest BCUT2D eigenvalue weighted by Gasteiger charge is 2.35. The largest absolute Gasteiger partial charge is 0.493 e. The second-order valence-corrected chi connectivity index (χ2v) is 7.45. The average Bonchev–Trinajstić information content (AvgIpc) is 3.36. The number of nitrogens with zero attached hydrogens (tertiary/aromatic N) is 3. The number of hydrogen-bond acceptors (Lipinski definition) is 6. The molecule has 1 saturated heterocycles. The first-order chi connectivity index (χ1) is 14.5. The number of ether oxygens (including phenoxy) is 2. The number of carbonyl (C=O) groups is 1. The Morgan fingerprint density at radius 3 is 2.73 bits per heavy atom. The number of aryl methyl sites for hydroxylation is 2. The van der Waals surface area contributed by atoms with Gasteiger partial charge >= 0.3 is 0 Å². The molecule has 1 aliphatic heterocycles. The number of benzene rings is 2. The SMILES string of the molecule is CCOc1ccc(-c2noc(C3CC(=O)N(c4ccc(C)cc4C)C3)n2)cc1OC. The molecule has 0 radical (unpaired) electrons. The minimum Gasteiger partial charge on any atom is -0.493 e. The van der Waals surface area contributed by atoms with E-state index < -0.39 is 0 Å². The van der Waals surface area contributed by atoms with Gasteiger partial charge in [0.05, 0.1) is 19.6 Å². The van der Waals surface area contributed by atoms with Gasteiger partial charge in [0, 0.05) is 24.2 Å². The highest BCUT2D eigenvalue weighted by atomic mass is 16.5. The molecule has 0 bridgehead atoms. The van der Waals surface area contributed by atoms with Crippen LogP contribution in [0.15, 0.2) is 40.9 Å². The Morgan fingerprint density at radius 2 is 2.00 bits per heavy atom. The van der Waals surface area contributed by atoms with Crippen LogP contribution < -0.4 is 14.4 Å². The number of aromatic nitrogens is 2. The number of anilines is 1. The molecule has 156 valence electrons. The molecular formula is C23H25N3O4. The first-order valence-electron chi connectivity index (χ1n) is 10.0. The molecule has 1 amide bonds. The molecule has 0 saturated carbocycles. The maximum absolute atomic E-state index is 12.7. The third kappa shape index (κ3) is 3.75. The van der Waals surface area contributed by atoms with Crippen LogP contribution in [0.25, 0.3) is 11.4 Å². The zero-order valence-electron chi connectivity index (χ0n) is 17.6. The summed E-state index contributed by atoms with van der Waals surface area (Å²) in [6.45, 7) is 7.06. The Hall–Kier alpha value is -3.35. The Kier molecular flexibility index (Phi) is 5.44. The van der Waals surface area contributed by atoms with Crippen LogP contribution >= 0.6 is 0 Å². The fourth-order valence-electron chi connectivity index (χ4n) is 3.81. The summed E-state index contributed by atoms with van der Waals surface area (Å²) in [5, 5.41) is 4.12. The van der Waals surface area contributed by atoms with Crippen LogP contribution in [0.4, 0.5) is 5.69 Å². The van der Waals surface area contributed by atoms with Crippen molar-refractivity contribution in [2.75, 3.05) is 25.2 Å². The smallest absolute Gasteiger partial charge is 0.232 e. The lowest BCUT2D eigenvalue weighted by Crippen LogP contribution is -2.25. The summed E-state index contributed by atoms with van der Waals surface area (Å²) in [6.07, 6.45) is 0.349. The van der Waals surface area contributed by atoms with Crippen molar-refractivity contribution in [3.63, 3.8) is 0 Å². The van der Waals surface area contributed by atoms with E-state index in [0.29, 0.717) is 42.8 Å². The highest BCUT2D eigenvalue weighted by molar-refractivity contribution is 5.97. The normalized spacial score (nSPS) is 16.2. The zero-order valence-corrected chi connectivity index (χ0v) is 17.6. The van der Waals surface area contributed by atoms with Gasteiger partial charge in [0.1, 0.15) is 0 Å². The molecule has 0 spiro atoms. The Labute approximate surface area is 175 Å². The summed E-state index contributed by atoms with van der Waals surface area (Å²) in [4.78, 5) is 19.0. The maximum atomic E-state index is 12.7. The summed E-state index contributed by atoms with van der Waals surface area (Å²) in [5.74, 6) is 2.14. The van der Waals surface area contributed by atoms with E-state index in [1.165, 1.54) is 5.56 Å². The van der Waals surface area contributed by atoms with Gasteiger partial charge in [0.25, 0.3) is 0 Å². The van der Waals surface area contributed by atoms with E-state index in [0.717, 1.165) is 16.8 Å². The van der Waals surface area contributed by atoms with Crippen LogP contribution in [-0.4, -0.2) is 36.3 Å². The van der Waals surface area contributed by atoms with Crippen LogP contribution in [0.2, 0.25) is 0 Å². The van der Waals surface area contributed by atoms with E-state index in [9.17, 15) is 4.79 Å². The van der Waals surface area contributed by atoms with E-state index >= 15 is 0 Å². The van der Waals surface area contributed by atoms with Gasteiger partial charge in [-0.1, -0.05) is 22.9 Å². The molecule has 1 aliphatic rings. The number of rotatable bonds is 6. The zero-order chi connectivity index (χ0) is 21.3. The second kappa shape index (κ2) is 8.18. The summed E-state index contributed by atoms with van der Waals surface area (Å²) in [5.41, 5.74) is 3.95. The molecule has 2 heterocycles. The van der Waals surface area contributed by atoms with E-state index in [1.807, 2.05) is 56.0 Å². The molecule has 0 aliphatic carbocycles. The van der Waals surface area contributed by atoms with Crippen molar-refractivity contribution in [2.45, 2.75) is 33.1 Å². The molecule has 3 aromatic rings. The van der Waals surface area contributed by atoms with Crippen LogP contribution in [-0.2, 0) is 4.79 Å². The van der Waals surface area contributed by atoms with Gasteiger partial charge in [-0.3, -0.25) is 4.79 Å². The van der Waals surface area contributed by atoms with Gasteiger partial charge in [0.2, 0.25) is 17.6 Å². The minimum absolute atomic E-state index is 0.0643. The first kappa shape index (κ1) is 19.9. The third-order valence-corrected chi connectivity index (χ3v) is 5.28. The standard InChI is InChI=1S/C23H25N3O4/c1-5-29-19-9-7-16(11-20(19)28-4)22-24-23(30-25-22)17-12-21(27)26(13-17)18-8-6-14(2)10-15(18)3/h6-11,17H,5,12-13H2,1-4H3. The predicted octanol–water partition coefficient (Wildman–Crippen LogP) is 4.28. The average molecular weight is 407 g/mol. The first-order valence-corrected chi connectivity index (χ1v) is 10.0. The van der Waals surface area contributed by atoms with Gasteiger partial charge in [-0.25, -0.2) is 0 Å². The molecule has 1 fully saturated rings. The number of carbonyl (C=O) groups excluding carboxylic acids is 1. The number of hydrogen-bond donors (Lipinski definition) is 0. The Bertz CT molecular complexity index is 1080. The minimum atomic E-state index is -0.135. The van der Waals surface area contributed by atoms with Gasteiger partial charge in [-0.15, -0.1) is 0 Å². The summed E-state index contributed by atoms with van der Waals surface area (Å²) < 4.78 is 16.5. The topological polar surface area (TPSA) is 77.7 Å². The fourth-order valence-corrected chi connectivity index (χ4v) is 3.81. The van der Waals surface area contributed by atoms with Gasteiger partial charge in [0.15, 0.2) is 11.5 Å². The van der Waals surface area contributed by atoms with Crippen LogP contribution in [0, 0.1) is 13.8 Å². The van der Waals surface area contributed by atoms with Crippen molar-refractivity contribution < 1.29 is 18.8 Å². The lowest BCUT2D eigenvalue weighted by molar-refractivity contribution is -0.117. The predicted molar refractivity (Wildman–Crippen MR) is 113 cm³/mol. The third-order valence-electron chi connectivity index (χ3n) is 5.28. The van der Waals surface area contributed by atoms with Crippen LogP contribution in [0.3, 0.4) is 0 Å². The van der Waals surface area contributed by atoms with Crippen molar-refractivity contribution in [3.05, 3.63) is 53.4 Å². The second-order valence-electron chi connectivity index (χ2n) is 7.45. The molecule has 1 atom stereocenters. The van der Waals surface area contributed by atoms with Gasteiger partial charge < -0.3 is 18.9 Å². The van der Waals surface area contributed by atoms with Crippen molar-refractivity contribution in [2.24, 2.45) is 0 Å². The molecule has 1 unspecified atom stereocenters. The molecule has 4 rings (SSSR count). The Morgan fingerprint density at radius 1 is 1.17 bits per heavy atom. The van der Waals surface area contributed by atoms with Crippen LogP contribution in [0.5, 0.6) is 11.5 Å². The molecule has 1 aromatic heterocycles. The van der Waals surface area contributed by atoms with E-state index in [-0.39, 0.29) is 11.8 Å². The molecule has 7 nitrogen and oxygen atoms in total. The Balaban J connectivity index is 1.55. The summed E-state index contributed by atoms with van der Waals surface area (Å²) in [7, 11) is 1.59. The lowest BCUT2D eigenvalue weighted by Gasteiger charge is -2.19. The van der Waals surface area contributed by atoms with E-state index in [1.54, 1.807) is 7.11 Å². The van der Waals surface area contributed by atoms with Crippen molar-refractivity contribution in [1.82, 2.24) is 10.1 Å². The lowest BCUT2D eigenvalue weighted by atomic mass is 10.1.